The number of aryl methyl sites for hydroxylation is 1. The van der Waals surface area contributed by atoms with E-state index in [0.717, 1.165) is 30.3 Å². The molecule has 90 valence electrons. The van der Waals surface area contributed by atoms with Gasteiger partial charge in [-0.05, 0) is 5.56 Å². The van der Waals surface area contributed by atoms with Crippen molar-refractivity contribution in [2.75, 3.05) is 0 Å². The van der Waals surface area contributed by atoms with Crippen LogP contribution in [-0.4, -0.2) is 19.5 Å². The lowest BCUT2D eigenvalue weighted by atomic mass is 10.2. The highest BCUT2D eigenvalue weighted by molar-refractivity contribution is 5.48. The number of rotatable bonds is 3. The molecule has 1 aromatic carbocycles. The molecule has 0 N–H and O–H groups in total. The third-order valence-electron chi connectivity index (χ3n) is 2.96. The Labute approximate surface area is 106 Å². The quantitative estimate of drug-likeness (QED) is 0.703. The molecule has 0 saturated heterocycles. The molecule has 4 heteroatoms. The molecule has 3 rings (SSSR count). The van der Waals surface area contributed by atoms with E-state index in [0.29, 0.717) is 0 Å². The van der Waals surface area contributed by atoms with Gasteiger partial charge in [0.05, 0.1) is 0 Å². The number of aromatic nitrogens is 4. The number of imidazole rings is 1. The zero-order valence-corrected chi connectivity index (χ0v) is 10.2. The first-order valence-electron chi connectivity index (χ1n) is 6.07. The van der Waals surface area contributed by atoms with Crippen molar-refractivity contribution in [1.29, 1.82) is 0 Å². The normalized spacial score (nSPS) is 10.9. The Morgan fingerprint density at radius 2 is 1.94 bits per heavy atom. The van der Waals surface area contributed by atoms with E-state index in [1.54, 1.807) is 6.33 Å². The molecular formula is C14H14N4. The van der Waals surface area contributed by atoms with Gasteiger partial charge in [-0.25, -0.2) is 15.0 Å². The van der Waals surface area contributed by atoms with Crippen LogP contribution < -0.4 is 0 Å². The molecule has 0 atom stereocenters. The largest absolute Gasteiger partial charge is 0.330 e. The van der Waals surface area contributed by atoms with E-state index < -0.39 is 0 Å². The topological polar surface area (TPSA) is 43.6 Å². The summed E-state index contributed by atoms with van der Waals surface area (Å²) in [6.45, 7) is 2.92. The van der Waals surface area contributed by atoms with Crippen molar-refractivity contribution in [3.05, 3.63) is 54.2 Å². The minimum absolute atomic E-state index is 0.733. The van der Waals surface area contributed by atoms with Crippen molar-refractivity contribution in [3.8, 4) is 11.5 Å². The van der Waals surface area contributed by atoms with Gasteiger partial charge in [0.25, 0.3) is 0 Å². The lowest BCUT2D eigenvalue weighted by Gasteiger charge is -2.13. The first kappa shape index (κ1) is 10.9. The Kier molecular flexibility index (Phi) is 2.76. The monoisotopic (exact) mass is 238 g/mol. The molecular weight excluding hydrogens is 224 g/mol. The molecule has 0 saturated carbocycles. The molecule has 0 aromatic heterocycles. The smallest absolute Gasteiger partial charge is 0.182 e. The van der Waals surface area contributed by atoms with Gasteiger partial charge in [0.1, 0.15) is 17.8 Å². The predicted octanol–water partition coefficient (Wildman–Crippen LogP) is 2.39. The third-order valence-corrected chi connectivity index (χ3v) is 2.96. The van der Waals surface area contributed by atoms with Gasteiger partial charge in [0.15, 0.2) is 5.82 Å². The predicted molar refractivity (Wildman–Crippen MR) is 69.4 cm³/mol. The standard InChI is InChI=1S/C14H14N4/c1-2-13-17-14-12(15-10-16-14)9-18(13)8-11-6-4-3-5-7-11/h3-7,9-10H,2,8H2,1H3. The van der Waals surface area contributed by atoms with E-state index in [1.807, 2.05) is 12.3 Å². The molecule has 0 fully saturated rings. The van der Waals surface area contributed by atoms with E-state index in [4.69, 9.17) is 0 Å². The molecule has 2 aliphatic rings. The van der Waals surface area contributed by atoms with Crippen molar-refractivity contribution in [2.45, 2.75) is 19.9 Å². The Bertz CT molecular complexity index is 615. The Balaban J connectivity index is 2.03. The lowest BCUT2D eigenvalue weighted by Crippen LogP contribution is -2.10. The van der Waals surface area contributed by atoms with Gasteiger partial charge >= 0.3 is 0 Å². The number of hydrogen-bond acceptors (Lipinski definition) is 3. The minimum Gasteiger partial charge on any atom is -0.330 e. The Morgan fingerprint density at radius 3 is 2.72 bits per heavy atom. The van der Waals surface area contributed by atoms with E-state index >= 15 is 0 Å². The number of nitrogens with zero attached hydrogens (tertiary/aromatic N) is 4. The second-order valence-electron chi connectivity index (χ2n) is 4.21. The first-order valence-corrected chi connectivity index (χ1v) is 6.07. The van der Waals surface area contributed by atoms with Crippen LogP contribution in [0.4, 0.5) is 0 Å². The highest BCUT2D eigenvalue weighted by atomic mass is 15.1. The maximum Gasteiger partial charge on any atom is 0.182 e. The van der Waals surface area contributed by atoms with Gasteiger partial charge in [0.2, 0.25) is 0 Å². The zero-order chi connectivity index (χ0) is 12.4. The third kappa shape index (κ3) is 1.97. The second-order valence-corrected chi connectivity index (χ2v) is 4.21. The molecule has 0 unspecified atom stereocenters. The van der Waals surface area contributed by atoms with Crippen LogP contribution >= 0.6 is 0 Å². The highest BCUT2D eigenvalue weighted by Crippen LogP contribution is 2.16. The first-order chi connectivity index (χ1) is 8.86. The van der Waals surface area contributed by atoms with E-state index in [-0.39, 0.29) is 0 Å². The Morgan fingerprint density at radius 1 is 1.11 bits per heavy atom. The van der Waals surface area contributed by atoms with Crippen LogP contribution in [0.5, 0.6) is 0 Å². The fourth-order valence-corrected chi connectivity index (χ4v) is 2.05. The average molecular weight is 238 g/mol. The van der Waals surface area contributed by atoms with Crippen molar-refractivity contribution < 1.29 is 0 Å². The molecule has 0 bridgehead atoms. The van der Waals surface area contributed by atoms with Crippen LogP contribution in [0.25, 0.3) is 11.5 Å². The van der Waals surface area contributed by atoms with Crippen LogP contribution in [-0.2, 0) is 13.0 Å². The summed E-state index contributed by atoms with van der Waals surface area (Å²) in [5.74, 6) is 1.77. The molecule has 1 aromatic rings. The molecule has 2 heterocycles. The van der Waals surface area contributed by atoms with Crippen LogP contribution in [0.15, 0.2) is 42.9 Å². The summed E-state index contributed by atoms with van der Waals surface area (Å²) in [6.07, 6.45) is 4.47. The van der Waals surface area contributed by atoms with Crippen LogP contribution in [0.3, 0.4) is 0 Å². The average Bonchev–Trinajstić information content (AvgIpc) is 2.86. The van der Waals surface area contributed by atoms with Crippen LogP contribution in [0.2, 0.25) is 0 Å². The van der Waals surface area contributed by atoms with E-state index in [1.165, 1.54) is 5.56 Å². The van der Waals surface area contributed by atoms with Gasteiger partial charge in [-0.1, -0.05) is 37.3 Å². The maximum absolute atomic E-state index is 4.54. The van der Waals surface area contributed by atoms with Gasteiger partial charge in [-0.3, -0.25) is 0 Å². The van der Waals surface area contributed by atoms with Gasteiger partial charge in [-0.15, -0.1) is 0 Å². The van der Waals surface area contributed by atoms with E-state index in [2.05, 4.69) is 50.7 Å². The number of hydrogen-bond donors (Lipinski definition) is 0. The number of benzene rings is 1. The SMILES string of the molecule is CCc1nc2ncnc-2cn1Cc1ccccc1. The van der Waals surface area contributed by atoms with Gasteiger partial charge in [0, 0.05) is 19.2 Å². The Hall–Kier alpha value is -2.23. The molecule has 0 radical (unpaired) electrons. The van der Waals surface area contributed by atoms with Crippen molar-refractivity contribution in [1.82, 2.24) is 19.5 Å². The summed E-state index contributed by atoms with van der Waals surface area (Å²) < 4.78 is 2.15. The molecule has 2 aliphatic heterocycles. The fourth-order valence-electron chi connectivity index (χ4n) is 2.05. The summed E-state index contributed by atoms with van der Waals surface area (Å²) in [5.41, 5.74) is 2.11. The van der Waals surface area contributed by atoms with Crippen molar-refractivity contribution in [3.63, 3.8) is 0 Å². The molecule has 4 nitrogen and oxygen atoms in total. The van der Waals surface area contributed by atoms with Gasteiger partial charge < -0.3 is 4.57 Å². The maximum atomic E-state index is 4.54. The van der Waals surface area contributed by atoms with Crippen molar-refractivity contribution >= 4 is 0 Å². The summed E-state index contributed by atoms with van der Waals surface area (Å²) in [4.78, 5) is 12.9. The van der Waals surface area contributed by atoms with E-state index in [9.17, 15) is 0 Å². The van der Waals surface area contributed by atoms with Crippen LogP contribution in [0, 0.1) is 0 Å². The lowest BCUT2D eigenvalue weighted by molar-refractivity contribution is 0.697. The zero-order valence-electron chi connectivity index (χ0n) is 10.2. The van der Waals surface area contributed by atoms with Gasteiger partial charge in [-0.2, -0.15) is 0 Å². The molecule has 0 aliphatic carbocycles. The molecule has 18 heavy (non-hydrogen) atoms. The summed E-state index contributed by atoms with van der Waals surface area (Å²) >= 11 is 0. The summed E-state index contributed by atoms with van der Waals surface area (Å²) in [7, 11) is 0. The highest BCUT2D eigenvalue weighted by Gasteiger charge is 2.11. The van der Waals surface area contributed by atoms with Crippen LogP contribution in [0.1, 0.15) is 18.3 Å². The molecule has 0 spiro atoms. The second kappa shape index (κ2) is 4.56. The van der Waals surface area contributed by atoms with Crippen molar-refractivity contribution in [2.24, 2.45) is 0 Å². The summed E-state index contributed by atoms with van der Waals surface area (Å²) in [6, 6.07) is 10.4. The summed E-state index contributed by atoms with van der Waals surface area (Å²) in [5, 5.41) is 0. The minimum atomic E-state index is 0.733. The number of fused-ring (bicyclic) bond motifs is 1. The molecule has 0 amide bonds. The fraction of sp³-hybridized carbons (Fsp3) is 0.214.